The first kappa shape index (κ1) is 72.5. The number of benzene rings is 17. The van der Waals surface area contributed by atoms with E-state index < -0.39 is 0 Å². The summed E-state index contributed by atoms with van der Waals surface area (Å²) in [6, 6.07) is 125. The summed E-state index contributed by atoms with van der Waals surface area (Å²) < 4.78 is 2.61. The molecule has 0 fully saturated rings. The maximum absolute atomic E-state index is 2.78. The summed E-state index contributed by atoms with van der Waals surface area (Å²) in [6.07, 6.45) is 0. The normalized spacial score (nSPS) is 13.2. The minimum Gasteiger partial charge on any atom is -0.310 e. The Bertz CT molecular complexity index is 6630. The van der Waals surface area contributed by atoms with Crippen molar-refractivity contribution in [2.45, 2.75) is 131 Å². The van der Waals surface area contributed by atoms with Gasteiger partial charge in [0.15, 0.2) is 0 Å². The van der Waals surface area contributed by atoms with Crippen LogP contribution in [0.25, 0.3) is 138 Å². The van der Waals surface area contributed by atoms with E-state index in [0.29, 0.717) is 0 Å². The maximum atomic E-state index is 2.78. The van der Waals surface area contributed by atoms with Gasteiger partial charge in [-0.05, 0) is 226 Å². The molecule has 116 heavy (non-hydrogen) atoms. The van der Waals surface area contributed by atoms with Gasteiger partial charge in [-0.2, -0.15) is 0 Å². The van der Waals surface area contributed by atoms with E-state index >= 15 is 0 Å². The van der Waals surface area contributed by atoms with Crippen LogP contribution in [0.2, 0.25) is 0 Å². The highest BCUT2D eigenvalue weighted by Gasteiger charge is 2.47. The number of rotatable bonds is 10. The quantitative estimate of drug-likeness (QED) is 0.0768. The van der Waals surface area contributed by atoms with E-state index in [1.54, 1.807) is 0 Å². The summed E-state index contributed by atoms with van der Waals surface area (Å²) in [5.41, 5.74) is 35.9. The highest BCUT2D eigenvalue weighted by molar-refractivity contribution is 7.00. The Morgan fingerprint density at radius 3 is 0.905 bits per heavy atom. The summed E-state index contributed by atoms with van der Waals surface area (Å²) in [6.45, 7) is 34.9. The van der Waals surface area contributed by atoms with Gasteiger partial charge in [-0.1, -0.05) is 359 Å². The number of nitrogens with zero attached hydrogens (tertiary/aromatic N) is 3. The van der Waals surface area contributed by atoms with Gasteiger partial charge in [-0.3, -0.25) is 0 Å². The summed E-state index contributed by atoms with van der Waals surface area (Å²) in [5, 5.41) is 10.4. The van der Waals surface area contributed by atoms with Gasteiger partial charge in [0.05, 0.1) is 22.4 Å². The van der Waals surface area contributed by atoms with Gasteiger partial charge < -0.3 is 14.4 Å². The predicted octanol–water partition coefficient (Wildman–Crippen LogP) is 29.4. The summed E-state index contributed by atoms with van der Waals surface area (Å²) in [5.74, 6) is 0. The number of fused-ring (bicyclic) bond motifs is 5. The van der Waals surface area contributed by atoms with Crippen LogP contribution in [0.15, 0.2) is 322 Å². The fraction of sp³-hybridized carbons (Fsp3) is 0.179. The van der Waals surface area contributed by atoms with E-state index in [1.807, 2.05) is 0 Å². The SMILES string of the molecule is CC(C)(C)c1ccc(-c2cc(-c3ccccc3)cc(-c3ccc(C(C)(C)C)cc3)c2N2c3cc(-c4ccccc4)ccc3B3c4ccc(-n5c6ccc7cccc8c9cccc%10ccc5c(c%109)c6c78)cc4N(c4c(-c5ccc(C(C)(C)C)cc5)cc(-c5ccccc5)cc4-c4ccc(C(C)(C)C)cc4)c4cc(C(C)(C)C)cc2c43)cc1. The first-order valence-electron chi connectivity index (χ1n) is 41.6. The average molecular weight is 1500 g/mol. The zero-order chi connectivity index (χ0) is 79.8. The molecular weight excluding hydrogens is 1400 g/mol. The molecule has 0 N–H and O–H groups in total. The van der Waals surface area contributed by atoms with Gasteiger partial charge in [-0.25, -0.2) is 0 Å². The summed E-state index contributed by atoms with van der Waals surface area (Å²) >= 11 is 0. The molecule has 2 aliphatic heterocycles. The van der Waals surface area contributed by atoms with E-state index in [4.69, 9.17) is 0 Å². The molecule has 0 spiro atoms. The third-order valence-electron chi connectivity index (χ3n) is 25.5. The third kappa shape index (κ3) is 11.9. The lowest BCUT2D eigenvalue weighted by Crippen LogP contribution is -2.61. The van der Waals surface area contributed by atoms with E-state index in [1.165, 1.54) is 109 Å². The monoisotopic (exact) mass is 1500 g/mol. The second-order valence-corrected chi connectivity index (χ2v) is 38.1. The van der Waals surface area contributed by atoms with Crippen molar-refractivity contribution in [3.63, 3.8) is 0 Å². The van der Waals surface area contributed by atoms with Crippen LogP contribution in [-0.4, -0.2) is 11.3 Å². The standard InChI is InChI=1S/C112H98BN3/c1-108(2,3)81-48-37-72(38-49-81)89-61-79(70-29-21-17-22-30-70)62-90(73-39-50-82(51-40-73)109(4,5)6)106(89)115-97-65-78(69-27-19-16-20-28-69)45-57-93(97)113-94-58-56-86(114-95-59-46-76-33-25-35-87-88-36-26-34-77-47-60-96(114)104(102(77)88)103(95)101(76)87)68-98(94)116(100-67-85(112(13,14)15)66-99(115)105(100)113)107-91(74-41-52-83(53-42-74)110(7,8)9)63-80(71-31-23-18-24-32-71)64-92(107)75-43-54-84(55-44-75)111(10,11)12/h16-68H,1-15H3. The molecule has 0 saturated carbocycles. The Balaban J connectivity index is 0.969. The molecule has 0 aliphatic carbocycles. The lowest BCUT2D eigenvalue weighted by Gasteiger charge is -2.46. The lowest BCUT2D eigenvalue weighted by atomic mass is 9.33. The Labute approximate surface area is 685 Å². The molecule has 1 aromatic heterocycles. The van der Waals surface area contributed by atoms with Gasteiger partial charge in [0.2, 0.25) is 0 Å². The number of hydrogen-bond donors (Lipinski definition) is 0. The highest BCUT2D eigenvalue weighted by atomic mass is 15.2. The third-order valence-corrected chi connectivity index (χ3v) is 25.5. The van der Waals surface area contributed by atoms with Gasteiger partial charge in [0.25, 0.3) is 6.71 Å². The van der Waals surface area contributed by atoms with Gasteiger partial charge in [0, 0.05) is 61.5 Å². The minimum atomic E-state index is -0.367. The molecule has 3 nitrogen and oxygen atoms in total. The fourth-order valence-corrected chi connectivity index (χ4v) is 19.1. The van der Waals surface area contributed by atoms with Crippen LogP contribution in [-0.2, 0) is 27.1 Å². The second kappa shape index (κ2) is 26.5. The van der Waals surface area contributed by atoms with Crippen LogP contribution in [0.4, 0.5) is 34.1 Å². The largest absolute Gasteiger partial charge is 0.310 e. The van der Waals surface area contributed by atoms with Crippen molar-refractivity contribution in [1.29, 1.82) is 0 Å². The van der Waals surface area contributed by atoms with Crippen molar-refractivity contribution in [2.24, 2.45) is 0 Å². The van der Waals surface area contributed by atoms with E-state index in [0.717, 1.165) is 107 Å². The maximum Gasteiger partial charge on any atom is 0.252 e. The Hall–Kier alpha value is -12.5. The molecule has 4 heteroatoms. The highest BCUT2D eigenvalue weighted by Crippen LogP contribution is 2.57. The molecule has 0 amide bonds. The molecule has 0 unspecified atom stereocenters. The zero-order valence-corrected chi connectivity index (χ0v) is 69.5. The van der Waals surface area contributed by atoms with E-state index in [9.17, 15) is 0 Å². The van der Waals surface area contributed by atoms with Crippen molar-refractivity contribution in [1.82, 2.24) is 4.57 Å². The molecule has 0 saturated heterocycles. The molecular formula is C112H98BN3. The molecule has 17 aromatic carbocycles. The molecule has 3 heterocycles. The predicted molar refractivity (Wildman–Crippen MR) is 501 cm³/mol. The topological polar surface area (TPSA) is 11.4 Å². The van der Waals surface area contributed by atoms with Gasteiger partial charge in [0.1, 0.15) is 0 Å². The Kier molecular flexibility index (Phi) is 16.6. The molecule has 2 aliphatic rings. The molecule has 564 valence electrons. The van der Waals surface area contributed by atoms with E-state index in [-0.39, 0.29) is 33.8 Å². The van der Waals surface area contributed by atoms with Crippen molar-refractivity contribution in [3.05, 3.63) is 349 Å². The zero-order valence-electron chi connectivity index (χ0n) is 69.5. The molecule has 20 rings (SSSR count). The van der Waals surface area contributed by atoms with Crippen LogP contribution in [0.3, 0.4) is 0 Å². The van der Waals surface area contributed by atoms with Crippen LogP contribution in [0.5, 0.6) is 0 Å². The Morgan fingerprint density at radius 1 is 0.224 bits per heavy atom. The van der Waals surface area contributed by atoms with Gasteiger partial charge >= 0.3 is 0 Å². The van der Waals surface area contributed by atoms with Crippen LogP contribution < -0.4 is 26.2 Å². The van der Waals surface area contributed by atoms with Crippen LogP contribution in [0, 0.1) is 0 Å². The van der Waals surface area contributed by atoms with Crippen molar-refractivity contribution in [3.8, 4) is 83.6 Å². The Morgan fingerprint density at radius 2 is 0.552 bits per heavy atom. The molecule has 0 atom stereocenters. The molecule has 0 bridgehead atoms. The number of aromatic nitrogens is 1. The van der Waals surface area contributed by atoms with Crippen molar-refractivity contribution >= 4 is 111 Å². The molecule has 0 radical (unpaired) electrons. The van der Waals surface area contributed by atoms with Crippen molar-refractivity contribution in [2.75, 3.05) is 9.80 Å². The smallest absolute Gasteiger partial charge is 0.252 e. The first-order chi connectivity index (χ1) is 55.7. The fourth-order valence-electron chi connectivity index (χ4n) is 19.1. The van der Waals surface area contributed by atoms with Crippen molar-refractivity contribution < 1.29 is 0 Å². The number of hydrogen-bond acceptors (Lipinski definition) is 2. The summed E-state index contributed by atoms with van der Waals surface area (Å²) in [7, 11) is 0. The van der Waals surface area contributed by atoms with E-state index in [2.05, 4.69) is 440 Å². The first-order valence-corrected chi connectivity index (χ1v) is 41.6. The average Bonchev–Trinajstić information content (AvgIpc) is 0.996. The van der Waals surface area contributed by atoms with Crippen LogP contribution in [0.1, 0.15) is 132 Å². The molecule has 18 aromatic rings. The summed E-state index contributed by atoms with van der Waals surface area (Å²) in [4.78, 5) is 5.54. The second-order valence-electron chi connectivity index (χ2n) is 38.1. The number of anilines is 6. The lowest BCUT2D eigenvalue weighted by molar-refractivity contribution is 0.590. The van der Waals surface area contributed by atoms with Gasteiger partial charge in [-0.15, -0.1) is 0 Å². The minimum absolute atomic E-state index is 0.0699. The van der Waals surface area contributed by atoms with Crippen LogP contribution >= 0.6 is 0 Å².